The molecule has 0 fully saturated rings. The molecule has 0 saturated heterocycles. The average molecular weight is 528 g/mol. The Morgan fingerprint density at radius 3 is 2.67 bits per heavy atom. The molecule has 7 nitrogen and oxygen atoms in total. The topological polar surface area (TPSA) is 74.6 Å². The lowest BCUT2D eigenvalue weighted by atomic mass is 10.1. The maximum Gasteiger partial charge on any atom is 0.257 e. The zero-order valence-corrected chi connectivity index (χ0v) is 23.2. The van der Waals surface area contributed by atoms with Crippen LogP contribution in [0.4, 0.5) is 0 Å². The van der Waals surface area contributed by atoms with E-state index < -0.39 is 0 Å². The first-order valence-electron chi connectivity index (χ1n) is 13.3. The van der Waals surface area contributed by atoms with E-state index in [4.69, 9.17) is 19.2 Å². The van der Waals surface area contributed by atoms with Crippen molar-refractivity contribution in [3.8, 4) is 17.2 Å². The molecule has 0 unspecified atom stereocenters. The Morgan fingerprint density at radius 2 is 1.85 bits per heavy atom. The van der Waals surface area contributed by atoms with Gasteiger partial charge in [-0.15, -0.1) is 0 Å². The first-order chi connectivity index (χ1) is 19.0. The van der Waals surface area contributed by atoms with E-state index in [0.717, 1.165) is 63.8 Å². The summed E-state index contributed by atoms with van der Waals surface area (Å²) in [7, 11) is 1.65. The molecule has 0 atom stereocenters. The van der Waals surface area contributed by atoms with E-state index in [1.807, 2.05) is 87.5 Å². The summed E-state index contributed by atoms with van der Waals surface area (Å²) in [6.07, 6.45) is 5.43. The van der Waals surface area contributed by atoms with Crippen LogP contribution < -0.4 is 19.5 Å². The Hall–Kier alpha value is -4.26. The van der Waals surface area contributed by atoms with Crippen molar-refractivity contribution in [2.45, 2.75) is 40.2 Å². The van der Waals surface area contributed by atoms with Crippen molar-refractivity contribution < 1.29 is 19.0 Å². The lowest BCUT2D eigenvalue weighted by Gasteiger charge is -2.13. The average Bonchev–Trinajstić information content (AvgIpc) is 3.29. The number of aromatic nitrogens is 2. The van der Waals surface area contributed by atoms with Gasteiger partial charge in [0.2, 0.25) is 0 Å². The fraction of sp³-hybridized carbons (Fsp3) is 0.312. The highest BCUT2D eigenvalue weighted by Gasteiger charge is 2.12. The van der Waals surface area contributed by atoms with Crippen LogP contribution in [0.5, 0.6) is 17.2 Å². The van der Waals surface area contributed by atoms with Gasteiger partial charge in [0.15, 0.2) is 18.1 Å². The second-order valence-electron chi connectivity index (χ2n) is 9.44. The number of allylic oxidation sites excluding steroid dienone is 1. The van der Waals surface area contributed by atoms with Crippen molar-refractivity contribution >= 4 is 23.0 Å². The molecule has 0 spiro atoms. The van der Waals surface area contributed by atoms with E-state index in [2.05, 4.69) is 16.0 Å². The number of benzene rings is 3. The van der Waals surface area contributed by atoms with Crippen LogP contribution in [0.1, 0.15) is 35.9 Å². The Balaban J connectivity index is 1.32. The number of rotatable bonds is 13. The van der Waals surface area contributed by atoms with Gasteiger partial charge >= 0.3 is 0 Å². The Bertz CT molecular complexity index is 1440. The predicted molar refractivity (Wildman–Crippen MR) is 156 cm³/mol. The van der Waals surface area contributed by atoms with Crippen molar-refractivity contribution in [3.05, 3.63) is 89.3 Å². The third-order valence-corrected chi connectivity index (χ3v) is 6.44. The quantitative estimate of drug-likeness (QED) is 0.219. The van der Waals surface area contributed by atoms with Gasteiger partial charge in [-0.1, -0.05) is 42.5 Å². The van der Waals surface area contributed by atoms with Crippen LogP contribution in [0.25, 0.3) is 17.1 Å². The van der Waals surface area contributed by atoms with Crippen LogP contribution in [0.3, 0.4) is 0 Å². The summed E-state index contributed by atoms with van der Waals surface area (Å²) in [5.41, 5.74) is 5.20. The molecule has 204 valence electrons. The number of methoxy groups -OCH3 is 1. The van der Waals surface area contributed by atoms with E-state index in [0.29, 0.717) is 19.6 Å². The number of carbonyl (C=O) groups is 1. The van der Waals surface area contributed by atoms with Gasteiger partial charge in [-0.3, -0.25) is 4.79 Å². The van der Waals surface area contributed by atoms with E-state index in [1.54, 1.807) is 7.11 Å². The summed E-state index contributed by atoms with van der Waals surface area (Å²) in [6, 6.07) is 20.0. The largest absolute Gasteiger partial charge is 0.493 e. The third kappa shape index (κ3) is 7.41. The highest BCUT2D eigenvalue weighted by Crippen LogP contribution is 2.29. The monoisotopic (exact) mass is 527 g/mol. The van der Waals surface area contributed by atoms with E-state index in [1.165, 1.54) is 0 Å². The van der Waals surface area contributed by atoms with Crippen LogP contribution >= 0.6 is 0 Å². The zero-order valence-electron chi connectivity index (χ0n) is 23.2. The number of aryl methyl sites for hydroxylation is 3. The standard InChI is InChI=1S/C32H37N3O4/c1-5-9-25-14-15-28(30(21-25)37-4)38-19-8-18-35-27-11-7-6-10-26(27)34-31(35)16-17-33-32(36)22-39-29-20-23(2)12-13-24(29)3/h5-7,9-15,20-21H,8,16-19,22H2,1-4H3,(H,33,36)/b9-5+. The minimum Gasteiger partial charge on any atom is -0.493 e. The summed E-state index contributed by atoms with van der Waals surface area (Å²) in [5.74, 6) is 2.96. The number of amides is 1. The Labute approximate surface area is 230 Å². The summed E-state index contributed by atoms with van der Waals surface area (Å²) in [4.78, 5) is 17.3. The Kier molecular flexibility index (Phi) is 9.62. The van der Waals surface area contributed by atoms with Gasteiger partial charge in [-0.25, -0.2) is 4.98 Å². The number of nitrogens with zero attached hydrogens (tertiary/aromatic N) is 2. The van der Waals surface area contributed by atoms with Crippen LogP contribution in [0.2, 0.25) is 0 Å². The molecule has 0 aliphatic carbocycles. The normalized spacial score (nSPS) is 11.2. The molecule has 1 heterocycles. The number of para-hydroxylation sites is 2. The first-order valence-corrected chi connectivity index (χ1v) is 13.3. The zero-order chi connectivity index (χ0) is 27.6. The molecule has 0 aliphatic rings. The fourth-order valence-electron chi connectivity index (χ4n) is 4.44. The minimum atomic E-state index is -0.152. The molecule has 39 heavy (non-hydrogen) atoms. The number of hydrogen-bond acceptors (Lipinski definition) is 5. The van der Waals surface area contributed by atoms with Crippen LogP contribution in [0.15, 0.2) is 66.7 Å². The van der Waals surface area contributed by atoms with Gasteiger partial charge < -0.3 is 24.1 Å². The van der Waals surface area contributed by atoms with Gasteiger partial charge in [0, 0.05) is 19.5 Å². The van der Waals surface area contributed by atoms with Crippen LogP contribution in [0, 0.1) is 13.8 Å². The number of carbonyl (C=O) groups excluding carboxylic acids is 1. The molecule has 1 amide bonds. The van der Waals surface area contributed by atoms with Crippen molar-refractivity contribution in [2.75, 3.05) is 26.9 Å². The van der Waals surface area contributed by atoms with Crippen molar-refractivity contribution in [1.29, 1.82) is 0 Å². The molecule has 0 saturated carbocycles. The van der Waals surface area contributed by atoms with Crippen molar-refractivity contribution in [1.82, 2.24) is 14.9 Å². The molecule has 0 radical (unpaired) electrons. The molecule has 0 aliphatic heterocycles. The smallest absolute Gasteiger partial charge is 0.257 e. The van der Waals surface area contributed by atoms with E-state index in [-0.39, 0.29) is 12.5 Å². The van der Waals surface area contributed by atoms with Crippen molar-refractivity contribution in [3.63, 3.8) is 0 Å². The third-order valence-electron chi connectivity index (χ3n) is 6.44. The molecule has 4 rings (SSSR count). The van der Waals surface area contributed by atoms with Crippen LogP contribution in [-0.2, 0) is 17.8 Å². The van der Waals surface area contributed by atoms with Crippen LogP contribution in [-0.4, -0.2) is 42.3 Å². The van der Waals surface area contributed by atoms with Gasteiger partial charge in [0.25, 0.3) is 5.91 Å². The highest BCUT2D eigenvalue weighted by atomic mass is 16.5. The molecule has 7 heteroatoms. The predicted octanol–water partition coefficient (Wildman–Crippen LogP) is 5.90. The molecule has 4 aromatic rings. The van der Waals surface area contributed by atoms with Gasteiger partial charge in [0.1, 0.15) is 11.6 Å². The fourth-order valence-corrected chi connectivity index (χ4v) is 4.44. The number of hydrogen-bond donors (Lipinski definition) is 1. The lowest BCUT2D eigenvalue weighted by Crippen LogP contribution is -2.31. The summed E-state index contributed by atoms with van der Waals surface area (Å²) in [6.45, 7) is 7.71. The SMILES string of the molecule is C/C=C/c1ccc(OCCCn2c(CCNC(=O)COc3cc(C)ccc3C)nc3ccccc32)c(OC)c1. The Morgan fingerprint density at radius 1 is 1.00 bits per heavy atom. The number of nitrogens with one attached hydrogen (secondary N) is 1. The van der Waals surface area contributed by atoms with Crippen molar-refractivity contribution in [2.24, 2.45) is 0 Å². The minimum absolute atomic E-state index is 0.0166. The molecular formula is C32H37N3O4. The van der Waals surface area contributed by atoms with Gasteiger partial charge in [-0.2, -0.15) is 0 Å². The van der Waals surface area contributed by atoms with E-state index >= 15 is 0 Å². The molecule has 1 aromatic heterocycles. The second-order valence-corrected chi connectivity index (χ2v) is 9.44. The molecule has 0 bridgehead atoms. The summed E-state index contributed by atoms with van der Waals surface area (Å²) < 4.78 is 19.5. The number of fused-ring (bicyclic) bond motifs is 1. The van der Waals surface area contributed by atoms with Gasteiger partial charge in [-0.05, 0) is 74.2 Å². The maximum absolute atomic E-state index is 12.4. The number of imidazole rings is 1. The molecular weight excluding hydrogens is 490 g/mol. The molecule has 1 N–H and O–H groups in total. The second kappa shape index (κ2) is 13.5. The number of ether oxygens (including phenoxy) is 3. The summed E-state index contributed by atoms with van der Waals surface area (Å²) in [5, 5.41) is 2.96. The highest BCUT2D eigenvalue weighted by molar-refractivity contribution is 5.78. The van der Waals surface area contributed by atoms with E-state index in [9.17, 15) is 4.79 Å². The summed E-state index contributed by atoms with van der Waals surface area (Å²) >= 11 is 0. The lowest BCUT2D eigenvalue weighted by molar-refractivity contribution is -0.123. The maximum atomic E-state index is 12.4. The molecule has 3 aromatic carbocycles. The van der Waals surface area contributed by atoms with Gasteiger partial charge in [0.05, 0.1) is 24.8 Å². The first kappa shape index (κ1) is 27.8.